The van der Waals surface area contributed by atoms with Crippen LogP contribution in [0.1, 0.15) is 25.3 Å². The number of hydrogen-bond donors (Lipinski definition) is 0. The normalized spacial score (nSPS) is 10.7. The van der Waals surface area contributed by atoms with Crippen molar-refractivity contribution in [3.8, 4) is 17.2 Å². The highest BCUT2D eigenvalue weighted by Crippen LogP contribution is 2.42. The Labute approximate surface area is 143 Å². The molecule has 0 unspecified atom stereocenters. The van der Waals surface area contributed by atoms with E-state index in [1.165, 1.54) is 13.2 Å². The van der Waals surface area contributed by atoms with Gasteiger partial charge in [-0.15, -0.1) is 0 Å². The van der Waals surface area contributed by atoms with Crippen LogP contribution >= 0.6 is 23.2 Å². The van der Waals surface area contributed by atoms with Gasteiger partial charge in [0, 0.05) is 5.56 Å². The highest BCUT2D eigenvalue weighted by molar-refractivity contribution is 6.37. The zero-order chi connectivity index (χ0) is 17.1. The molecule has 7 heteroatoms. The van der Waals surface area contributed by atoms with E-state index >= 15 is 0 Å². The minimum Gasteiger partial charge on any atom is -0.490 e. The Hall–Kier alpha value is -1.98. The lowest BCUT2D eigenvalue weighted by Gasteiger charge is -2.15. The summed E-state index contributed by atoms with van der Waals surface area (Å²) in [6, 6.07) is 7.93. The molecule has 0 saturated carbocycles. The Balaban J connectivity index is 2.57. The molecule has 0 spiro atoms. The highest BCUT2D eigenvalue weighted by Gasteiger charge is 2.23. The molecular formula is C16H15Cl2NO4. The van der Waals surface area contributed by atoms with Crippen LogP contribution in [0.3, 0.4) is 0 Å². The highest BCUT2D eigenvalue weighted by atomic mass is 35.5. The van der Waals surface area contributed by atoms with Crippen molar-refractivity contribution in [2.75, 3.05) is 7.11 Å². The van der Waals surface area contributed by atoms with E-state index in [1.54, 1.807) is 24.3 Å². The summed E-state index contributed by atoms with van der Waals surface area (Å²) in [5.74, 6) is 0.762. The molecule has 2 rings (SSSR count). The average Bonchev–Trinajstić information content (AvgIpc) is 2.50. The van der Waals surface area contributed by atoms with Crippen LogP contribution in [0.25, 0.3) is 0 Å². The van der Waals surface area contributed by atoms with Crippen molar-refractivity contribution in [3.05, 3.63) is 56.1 Å². The number of ether oxygens (including phenoxy) is 2. The molecule has 0 bridgehead atoms. The molecule has 0 amide bonds. The Morgan fingerprint density at radius 3 is 2.22 bits per heavy atom. The minimum absolute atomic E-state index is 0.00826. The molecule has 0 radical (unpaired) electrons. The van der Waals surface area contributed by atoms with E-state index in [0.29, 0.717) is 15.6 Å². The van der Waals surface area contributed by atoms with Gasteiger partial charge in [0.05, 0.1) is 28.1 Å². The van der Waals surface area contributed by atoms with Crippen molar-refractivity contribution in [2.24, 2.45) is 0 Å². The molecule has 0 aliphatic carbocycles. The molecule has 2 aromatic carbocycles. The summed E-state index contributed by atoms with van der Waals surface area (Å²) in [6.45, 7) is 3.82. The smallest absolute Gasteiger partial charge is 0.314 e. The molecule has 0 atom stereocenters. The van der Waals surface area contributed by atoms with Crippen molar-refractivity contribution in [1.82, 2.24) is 0 Å². The molecule has 23 heavy (non-hydrogen) atoms. The van der Waals surface area contributed by atoms with Crippen LogP contribution in [0, 0.1) is 10.1 Å². The number of benzene rings is 2. The van der Waals surface area contributed by atoms with Crippen LogP contribution < -0.4 is 9.47 Å². The fourth-order valence-electron chi connectivity index (χ4n) is 2.15. The van der Waals surface area contributed by atoms with Crippen LogP contribution in [0.15, 0.2) is 30.3 Å². The summed E-state index contributed by atoms with van der Waals surface area (Å²) in [6.07, 6.45) is 0. The number of methoxy groups -OCH3 is 1. The maximum absolute atomic E-state index is 11.3. The number of nitrogens with zero attached hydrogens (tertiary/aromatic N) is 1. The van der Waals surface area contributed by atoms with Gasteiger partial charge in [-0.2, -0.15) is 0 Å². The van der Waals surface area contributed by atoms with Gasteiger partial charge in [0.1, 0.15) is 5.75 Å². The SMILES string of the molecule is COc1c(C(C)C)cc(Oc2c(Cl)cccc2Cl)cc1[N+](=O)[O-]. The second-order valence-electron chi connectivity index (χ2n) is 5.13. The third-order valence-corrected chi connectivity index (χ3v) is 3.83. The van der Waals surface area contributed by atoms with Crippen molar-refractivity contribution in [1.29, 1.82) is 0 Å². The monoisotopic (exact) mass is 355 g/mol. The van der Waals surface area contributed by atoms with Gasteiger partial charge >= 0.3 is 5.69 Å². The van der Waals surface area contributed by atoms with Gasteiger partial charge in [-0.05, 0) is 24.1 Å². The fourth-order valence-corrected chi connectivity index (χ4v) is 2.63. The molecular weight excluding hydrogens is 341 g/mol. The molecule has 0 saturated heterocycles. The number of hydrogen-bond acceptors (Lipinski definition) is 4. The largest absolute Gasteiger partial charge is 0.490 e. The topological polar surface area (TPSA) is 61.6 Å². The van der Waals surface area contributed by atoms with E-state index in [2.05, 4.69) is 0 Å². The molecule has 0 heterocycles. The third-order valence-electron chi connectivity index (χ3n) is 3.23. The van der Waals surface area contributed by atoms with E-state index in [-0.39, 0.29) is 28.9 Å². The summed E-state index contributed by atoms with van der Waals surface area (Å²) in [5.41, 5.74) is 0.497. The zero-order valence-corrected chi connectivity index (χ0v) is 14.3. The molecule has 5 nitrogen and oxygen atoms in total. The first-order valence-corrected chi connectivity index (χ1v) is 7.59. The van der Waals surface area contributed by atoms with E-state index < -0.39 is 4.92 Å². The minimum atomic E-state index is -0.508. The predicted molar refractivity (Wildman–Crippen MR) is 90.3 cm³/mol. The quantitative estimate of drug-likeness (QED) is 0.500. The Bertz CT molecular complexity index is 727. The van der Waals surface area contributed by atoms with Crippen LogP contribution in [0.5, 0.6) is 17.2 Å². The Morgan fingerprint density at radius 1 is 1.13 bits per heavy atom. The first kappa shape index (κ1) is 17.4. The fraction of sp³-hybridized carbons (Fsp3) is 0.250. The van der Waals surface area contributed by atoms with Crippen molar-refractivity contribution >= 4 is 28.9 Å². The molecule has 0 N–H and O–H groups in total. The van der Waals surface area contributed by atoms with Gasteiger partial charge in [0.15, 0.2) is 5.75 Å². The molecule has 122 valence electrons. The number of para-hydroxylation sites is 1. The number of nitro groups is 1. The van der Waals surface area contributed by atoms with Crippen molar-refractivity contribution in [2.45, 2.75) is 19.8 Å². The Kier molecular flexibility index (Phi) is 5.34. The Morgan fingerprint density at radius 2 is 1.74 bits per heavy atom. The average molecular weight is 356 g/mol. The van der Waals surface area contributed by atoms with Gasteiger partial charge in [-0.25, -0.2) is 0 Å². The molecule has 0 aliphatic rings. The standard InChI is InChI=1S/C16H15Cl2NO4/c1-9(2)11-7-10(8-14(19(20)21)15(11)22-3)23-16-12(17)5-4-6-13(16)18/h4-9H,1-3H3. The second kappa shape index (κ2) is 7.06. The second-order valence-corrected chi connectivity index (χ2v) is 5.94. The molecule has 2 aromatic rings. The van der Waals surface area contributed by atoms with Gasteiger partial charge < -0.3 is 9.47 Å². The van der Waals surface area contributed by atoms with Crippen LogP contribution in [-0.2, 0) is 0 Å². The van der Waals surface area contributed by atoms with E-state index in [4.69, 9.17) is 32.7 Å². The molecule has 0 aliphatic heterocycles. The van der Waals surface area contributed by atoms with Gasteiger partial charge in [0.2, 0.25) is 5.75 Å². The van der Waals surface area contributed by atoms with Crippen LogP contribution in [-0.4, -0.2) is 12.0 Å². The number of halogens is 2. The summed E-state index contributed by atoms with van der Waals surface area (Å²) in [4.78, 5) is 10.8. The van der Waals surface area contributed by atoms with E-state index in [1.807, 2.05) is 13.8 Å². The van der Waals surface area contributed by atoms with Gasteiger partial charge in [-0.3, -0.25) is 10.1 Å². The maximum Gasteiger partial charge on any atom is 0.314 e. The third kappa shape index (κ3) is 3.68. The number of rotatable bonds is 5. The lowest BCUT2D eigenvalue weighted by Crippen LogP contribution is -2.01. The lowest BCUT2D eigenvalue weighted by atomic mass is 10.0. The summed E-state index contributed by atoms with van der Waals surface area (Å²) < 4.78 is 10.9. The molecule has 0 fully saturated rings. The predicted octanol–water partition coefficient (Wildman–Crippen LogP) is 5.83. The van der Waals surface area contributed by atoms with Crippen molar-refractivity contribution < 1.29 is 14.4 Å². The summed E-state index contributed by atoms with van der Waals surface area (Å²) in [7, 11) is 1.40. The first-order chi connectivity index (χ1) is 10.8. The van der Waals surface area contributed by atoms with Crippen LogP contribution in [0.4, 0.5) is 5.69 Å². The lowest BCUT2D eigenvalue weighted by molar-refractivity contribution is -0.385. The zero-order valence-electron chi connectivity index (χ0n) is 12.8. The maximum atomic E-state index is 11.3. The van der Waals surface area contributed by atoms with E-state index in [0.717, 1.165) is 0 Å². The molecule has 0 aromatic heterocycles. The number of nitro benzene ring substituents is 1. The summed E-state index contributed by atoms with van der Waals surface area (Å²) >= 11 is 12.1. The van der Waals surface area contributed by atoms with Gasteiger partial charge in [-0.1, -0.05) is 43.1 Å². The first-order valence-electron chi connectivity index (χ1n) is 6.83. The van der Waals surface area contributed by atoms with Gasteiger partial charge in [0.25, 0.3) is 0 Å². The summed E-state index contributed by atoms with van der Waals surface area (Å²) in [5, 5.41) is 12.0. The van der Waals surface area contributed by atoms with Crippen LogP contribution in [0.2, 0.25) is 10.0 Å². The van der Waals surface area contributed by atoms with Crippen molar-refractivity contribution in [3.63, 3.8) is 0 Å². The van der Waals surface area contributed by atoms with E-state index in [9.17, 15) is 10.1 Å².